The third-order valence-corrected chi connectivity index (χ3v) is 4.94. The molecule has 1 fully saturated rings. The Balaban J connectivity index is 1.51. The third kappa shape index (κ3) is 3.30. The van der Waals surface area contributed by atoms with E-state index in [0.717, 1.165) is 18.9 Å². The number of methoxy groups -OCH3 is 1. The first-order valence-electron chi connectivity index (χ1n) is 8.52. The topological polar surface area (TPSA) is 85.5 Å². The maximum absolute atomic E-state index is 5.76. The van der Waals surface area contributed by atoms with Crippen molar-refractivity contribution in [3.05, 3.63) is 47.7 Å². The average molecular weight is 341 g/mol. The lowest BCUT2D eigenvalue weighted by molar-refractivity contribution is 0.0582. The number of fused-ring (bicyclic) bond motifs is 1. The number of nitrogens with two attached hydrogens (primary N) is 1. The van der Waals surface area contributed by atoms with Gasteiger partial charge in [0.1, 0.15) is 5.82 Å². The fourth-order valence-electron chi connectivity index (χ4n) is 3.68. The summed E-state index contributed by atoms with van der Waals surface area (Å²) in [7, 11) is 1.75. The van der Waals surface area contributed by atoms with Gasteiger partial charge < -0.3 is 25.4 Å². The highest BCUT2D eigenvalue weighted by atomic mass is 16.5. The van der Waals surface area contributed by atoms with E-state index in [-0.39, 0.29) is 24.1 Å². The maximum atomic E-state index is 5.76. The summed E-state index contributed by atoms with van der Waals surface area (Å²) in [5, 5.41) is 3.72. The van der Waals surface area contributed by atoms with Crippen LogP contribution < -0.4 is 16.0 Å². The van der Waals surface area contributed by atoms with Crippen molar-refractivity contribution in [1.82, 2.24) is 15.3 Å². The number of hydrogen-bond donors (Lipinski definition) is 2. The Bertz CT molecular complexity index is 741. The van der Waals surface area contributed by atoms with E-state index >= 15 is 0 Å². The molecule has 25 heavy (non-hydrogen) atoms. The molecule has 0 bridgehead atoms. The second kappa shape index (κ2) is 6.95. The van der Waals surface area contributed by atoms with Gasteiger partial charge in [-0.3, -0.25) is 0 Å². The Hall–Kier alpha value is -2.22. The zero-order chi connectivity index (χ0) is 17.2. The van der Waals surface area contributed by atoms with Gasteiger partial charge in [0.15, 0.2) is 0 Å². The van der Waals surface area contributed by atoms with Crippen LogP contribution in [0.5, 0.6) is 0 Å². The average Bonchev–Trinajstić information content (AvgIpc) is 3.05. The molecule has 0 amide bonds. The smallest absolute Gasteiger partial charge is 0.221 e. The number of nitrogen functional groups attached to an aromatic ring is 1. The Morgan fingerprint density at radius 3 is 3.00 bits per heavy atom. The van der Waals surface area contributed by atoms with Crippen LogP contribution in [0.3, 0.4) is 0 Å². The van der Waals surface area contributed by atoms with Gasteiger partial charge in [-0.15, -0.1) is 0 Å². The van der Waals surface area contributed by atoms with Gasteiger partial charge in [-0.2, -0.15) is 4.98 Å². The SMILES string of the molecule is CO[C@@H]1CN(c2ccnc(N)n2)C[C@@H]1NC1COCc2ccccc21. The Morgan fingerprint density at radius 1 is 1.28 bits per heavy atom. The molecule has 1 saturated heterocycles. The Labute approximate surface area is 147 Å². The predicted molar refractivity (Wildman–Crippen MR) is 95.2 cm³/mol. The number of nitrogens with one attached hydrogen (secondary N) is 1. The first-order chi connectivity index (χ1) is 12.2. The van der Waals surface area contributed by atoms with Gasteiger partial charge in [0.2, 0.25) is 5.95 Å². The normalized spacial score (nSPS) is 25.8. The van der Waals surface area contributed by atoms with Crippen molar-refractivity contribution < 1.29 is 9.47 Å². The second-order valence-electron chi connectivity index (χ2n) is 6.49. The van der Waals surface area contributed by atoms with Crippen molar-refractivity contribution in [3.8, 4) is 0 Å². The summed E-state index contributed by atoms with van der Waals surface area (Å²) in [6.07, 6.45) is 1.76. The maximum Gasteiger partial charge on any atom is 0.221 e. The minimum absolute atomic E-state index is 0.0743. The molecule has 3 N–H and O–H groups in total. The van der Waals surface area contributed by atoms with Crippen LogP contribution in [0.2, 0.25) is 0 Å². The lowest BCUT2D eigenvalue weighted by Gasteiger charge is -2.30. The van der Waals surface area contributed by atoms with E-state index in [1.165, 1.54) is 11.1 Å². The van der Waals surface area contributed by atoms with Crippen LogP contribution in [0.25, 0.3) is 0 Å². The van der Waals surface area contributed by atoms with E-state index in [9.17, 15) is 0 Å². The van der Waals surface area contributed by atoms with Crippen LogP contribution in [-0.4, -0.2) is 48.9 Å². The number of ether oxygens (including phenoxy) is 2. The van der Waals surface area contributed by atoms with Crippen LogP contribution in [0.1, 0.15) is 17.2 Å². The number of anilines is 2. The number of rotatable bonds is 4. The van der Waals surface area contributed by atoms with Crippen molar-refractivity contribution in [2.45, 2.75) is 24.8 Å². The van der Waals surface area contributed by atoms with Crippen LogP contribution in [-0.2, 0) is 16.1 Å². The van der Waals surface area contributed by atoms with Gasteiger partial charge in [-0.05, 0) is 17.2 Å². The molecule has 4 rings (SSSR count). The van der Waals surface area contributed by atoms with Gasteiger partial charge in [-0.1, -0.05) is 24.3 Å². The standard InChI is InChI=1S/C18H23N5O2/c1-24-16-9-23(17-6-7-20-18(19)22-17)8-14(16)21-15-11-25-10-12-4-2-3-5-13(12)15/h2-7,14-16,21H,8-11H2,1H3,(H2,19,20,22)/t14-,15?,16+/m0/s1. The van der Waals surface area contributed by atoms with Crippen molar-refractivity contribution in [2.75, 3.05) is 37.4 Å². The molecule has 1 aromatic carbocycles. The van der Waals surface area contributed by atoms with Gasteiger partial charge >= 0.3 is 0 Å². The molecule has 132 valence electrons. The Kier molecular flexibility index (Phi) is 4.52. The predicted octanol–water partition coefficient (Wildman–Crippen LogP) is 1.12. The molecule has 0 spiro atoms. The van der Waals surface area contributed by atoms with Gasteiger partial charge in [0, 0.05) is 26.4 Å². The van der Waals surface area contributed by atoms with Gasteiger partial charge in [0.05, 0.1) is 31.4 Å². The largest absolute Gasteiger partial charge is 0.378 e. The summed E-state index contributed by atoms with van der Waals surface area (Å²) >= 11 is 0. The first-order valence-corrected chi connectivity index (χ1v) is 8.52. The highest BCUT2D eigenvalue weighted by Gasteiger charge is 2.36. The van der Waals surface area contributed by atoms with Crippen molar-refractivity contribution >= 4 is 11.8 Å². The molecule has 1 aromatic heterocycles. The summed E-state index contributed by atoms with van der Waals surface area (Å²) in [6.45, 7) is 2.91. The molecule has 2 aliphatic heterocycles. The van der Waals surface area contributed by atoms with Crippen LogP contribution in [0.15, 0.2) is 36.5 Å². The molecule has 1 unspecified atom stereocenters. The van der Waals surface area contributed by atoms with Gasteiger partial charge in [-0.25, -0.2) is 4.98 Å². The van der Waals surface area contributed by atoms with Crippen LogP contribution >= 0.6 is 0 Å². The zero-order valence-electron chi connectivity index (χ0n) is 14.3. The van der Waals surface area contributed by atoms with Crippen LogP contribution in [0.4, 0.5) is 11.8 Å². The van der Waals surface area contributed by atoms with E-state index < -0.39 is 0 Å². The summed E-state index contributed by atoms with van der Waals surface area (Å²) in [4.78, 5) is 10.5. The van der Waals surface area contributed by atoms with Gasteiger partial charge in [0.25, 0.3) is 0 Å². The lowest BCUT2D eigenvalue weighted by atomic mass is 9.98. The van der Waals surface area contributed by atoms with E-state index in [1.54, 1.807) is 13.3 Å². The molecule has 0 saturated carbocycles. The molecule has 7 nitrogen and oxygen atoms in total. The highest BCUT2D eigenvalue weighted by molar-refractivity contribution is 5.43. The third-order valence-electron chi connectivity index (χ3n) is 4.94. The minimum atomic E-state index is 0.0743. The number of nitrogens with zero attached hydrogens (tertiary/aromatic N) is 3. The molecular formula is C18H23N5O2. The molecule has 0 radical (unpaired) electrons. The minimum Gasteiger partial charge on any atom is -0.378 e. The van der Waals surface area contributed by atoms with Crippen LogP contribution in [0, 0.1) is 0 Å². The number of hydrogen-bond acceptors (Lipinski definition) is 7. The summed E-state index contributed by atoms with van der Waals surface area (Å²) < 4.78 is 11.5. The van der Waals surface area contributed by atoms with Crippen molar-refractivity contribution in [3.63, 3.8) is 0 Å². The lowest BCUT2D eigenvalue weighted by Crippen LogP contribution is -2.44. The summed E-state index contributed by atoms with van der Waals surface area (Å²) in [5.74, 6) is 1.12. The first kappa shape index (κ1) is 16.3. The monoisotopic (exact) mass is 341 g/mol. The Morgan fingerprint density at radius 2 is 2.16 bits per heavy atom. The number of benzene rings is 1. The fraction of sp³-hybridized carbons (Fsp3) is 0.444. The summed E-state index contributed by atoms with van der Waals surface area (Å²) in [5.41, 5.74) is 8.28. The van der Waals surface area contributed by atoms with Crippen molar-refractivity contribution in [2.24, 2.45) is 0 Å². The second-order valence-corrected chi connectivity index (χ2v) is 6.49. The molecule has 2 aromatic rings. The van der Waals surface area contributed by atoms with E-state index in [4.69, 9.17) is 15.2 Å². The number of aromatic nitrogens is 2. The van der Waals surface area contributed by atoms with E-state index in [1.807, 2.05) is 6.07 Å². The molecule has 3 heterocycles. The van der Waals surface area contributed by atoms with E-state index in [2.05, 4.69) is 44.5 Å². The molecule has 0 aliphatic carbocycles. The quantitative estimate of drug-likeness (QED) is 0.862. The fourth-order valence-corrected chi connectivity index (χ4v) is 3.68. The highest BCUT2D eigenvalue weighted by Crippen LogP contribution is 2.27. The zero-order valence-corrected chi connectivity index (χ0v) is 14.3. The molecule has 7 heteroatoms. The molecule has 3 atom stereocenters. The van der Waals surface area contributed by atoms with E-state index in [0.29, 0.717) is 13.2 Å². The summed E-state index contributed by atoms with van der Waals surface area (Å²) in [6, 6.07) is 10.7. The van der Waals surface area contributed by atoms with Crippen molar-refractivity contribution in [1.29, 1.82) is 0 Å². The molecular weight excluding hydrogens is 318 g/mol. The molecule has 2 aliphatic rings.